The average molecular weight is 415 g/mol. The lowest BCUT2D eigenvalue weighted by Gasteiger charge is -2.26. The van der Waals surface area contributed by atoms with Gasteiger partial charge in [0, 0.05) is 39.1 Å². The minimum atomic E-state index is -0.353. The molecule has 0 N–H and O–H groups in total. The van der Waals surface area contributed by atoms with Gasteiger partial charge < -0.3 is 4.57 Å². The van der Waals surface area contributed by atoms with Crippen LogP contribution in [0.25, 0.3) is 21.0 Å². The van der Waals surface area contributed by atoms with Crippen molar-refractivity contribution >= 4 is 33.8 Å². The number of thiophene rings is 1. The highest BCUT2D eigenvalue weighted by Crippen LogP contribution is 2.28. The summed E-state index contributed by atoms with van der Waals surface area (Å²) in [5, 5.41) is 5.21. The van der Waals surface area contributed by atoms with E-state index in [2.05, 4.69) is 26.7 Å². The molecule has 0 unspecified atom stereocenters. The van der Waals surface area contributed by atoms with Gasteiger partial charge >= 0.3 is 5.69 Å². The predicted molar refractivity (Wildman–Crippen MR) is 110 cm³/mol. The van der Waals surface area contributed by atoms with Crippen LogP contribution in [0.5, 0.6) is 0 Å². The Kier molecular flexibility index (Phi) is 4.07. The van der Waals surface area contributed by atoms with Crippen molar-refractivity contribution in [3.05, 3.63) is 55.2 Å². The van der Waals surface area contributed by atoms with Crippen LogP contribution in [0.2, 0.25) is 0 Å². The fraction of sp³-hybridized carbons (Fsp3) is 0.333. The van der Waals surface area contributed by atoms with E-state index in [0.29, 0.717) is 24.3 Å². The third-order valence-electron chi connectivity index (χ3n) is 5.10. The summed E-state index contributed by atoms with van der Waals surface area (Å²) in [5.74, 6) is 0.813. The van der Waals surface area contributed by atoms with Gasteiger partial charge in [0.1, 0.15) is 10.8 Å². The van der Waals surface area contributed by atoms with Crippen LogP contribution >= 0.6 is 22.7 Å². The predicted octanol–water partition coefficient (Wildman–Crippen LogP) is 1.63. The van der Waals surface area contributed by atoms with Crippen molar-refractivity contribution in [3.8, 4) is 9.88 Å². The zero-order chi connectivity index (χ0) is 19.4. The maximum absolute atomic E-state index is 12.6. The Hall–Kier alpha value is -2.56. The van der Waals surface area contributed by atoms with E-state index < -0.39 is 0 Å². The molecule has 0 aromatic carbocycles. The van der Waals surface area contributed by atoms with Gasteiger partial charge in [-0.15, -0.1) is 22.7 Å². The molecule has 4 aromatic rings. The van der Waals surface area contributed by atoms with Gasteiger partial charge in [-0.3, -0.25) is 18.8 Å². The van der Waals surface area contributed by atoms with Crippen LogP contribution in [0.15, 0.2) is 32.5 Å². The van der Waals surface area contributed by atoms with Crippen LogP contribution in [0.1, 0.15) is 11.5 Å². The topological polar surface area (TPSA) is 78.0 Å². The van der Waals surface area contributed by atoms with E-state index in [-0.39, 0.29) is 11.2 Å². The number of hydrogen-bond donors (Lipinski definition) is 0. The molecule has 0 spiro atoms. The van der Waals surface area contributed by atoms with Gasteiger partial charge in [0.25, 0.3) is 5.56 Å². The summed E-state index contributed by atoms with van der Waals surface area (Å²) in [6, 6.07) is 4.12. The zero-order valence-corrected chi connectivity index (χ0v) is 17.1. The number of aromatic nitrogens is 5. The molecular formula is C18H18N6O2S2. The second-order valence-corrected chi connectivity index (χ2v) is 8.70. The zero-order valence-electron chi connectivity index (χ0n) is 15.5. The van der Waals surface area contributed by atoms with E-state index in [1.165, 1.54) is 16.5 Å². The Bertz CT molecular complexity index is 1290. The normalized spacial score (nSPS) is 14.6. The maximum atomic E-state index is 12.6. The second kappa shape index (κ2) is 6.50. The first-order valence-electron chi connectivity index (χ1n) is 8.88. The number of fused-ring (bicyclic) bond motifs is 3. The molecule has 5 heterocycles. The Balaban J connectivity index is 1.44. The first kappa shape index (κ1) is 17.5. The van der Waals surface area contributed by atoms with Gasteiger partial charge in [-0.05, 0) is 11.4 Å². The molecule has 0 saturated carbocycles. The molecule has 0 saturated heterocycles. The Labute approximate surface area is 167 Å². The van der Waals surface area contributed by atoms with Crippen molar-refractivity contribution in [1.29, 1.82) is 0 Å². The third-order valence-corrected chi connectivity index (χ3v) is 7.03. The van der Waals surface area contributed by atoms with Crippen molar-refractivity contribution in [1.82, 2.24) is 28.6 Å². The fourth-order valence-electron chi connectivity index (χ4n) is 3.63. The van der Waals surface area contributed by atoms with Crippen LogP contribution in [0, 0.1) is 0 Å². The molecule has 144 valence electrons. The number of imidazole rings is 1. The van der Waals surface area contributed by atoms with Crippen LogP contribution in [0.3, 0.4) is 0 Å². The van der Waals surface area contributed by atoms with E-state index in [1.807, 2.05) is 10.6 Å². The summed E-state index contributed by atoms with van der Waals surface area (Å²) < 4.78 is 4.54. The Morgan fingerprint density at radius 2 is 1.96 bits per heavy atom. The third kappa shape index (κ3) is 2.67. The van der Waals surface area contributed by atoms with E-state index in [9.17, 15) is 9.59 Å². The van der Waals surface area contributed by atoms with Gasteiger partial charge in [0.15, 0.2) is 11.2 Å². The minimum absolute atomic E-state index is 0.287. The summed E-state index contributed by atoms with van der Waals surface area (Å²) in [6.45, 7) is 2.83. The summed E-state index contributed by atoms with van der Waals surface area (Å²) >= 11 is 3.36. The SMILES string of the molecule is Cn1c(=O)c2c(nc3n2CCN(Cc2csc(-c4cccs4)n2)C3)n(C)c1=O. The van der Waals surface area contributed by atoms with E-state index >= 15 is 0 Å². The van der Waals surface area contributed by atoms with Crippen molar-refractivity contribution in [2.24, 2.45) is 14.1 Å². The number of rotatable bonds is 3. The first-order chi connectivity index (χ1) is 13.5. The molecule has 0 aliphatic carbocycles. The minimum Gasteiger partial charge on any atom is -0.320 e. The van der Waals surface area contributed by atoms with E-state index in [1.54, 1.807) is 29.7 Å². The lowest BCUT2D eigenvalue weighted by molar-refractivity contribution is 0.209. The molecule has 5 rings (SSSR count). The number of nitrogens with zero attached hydrogens (tertiary/aromatic N) is 6. The first-order valence-corrected chi connectivity index (χ1v) is 10.6. The van der Waals surface area contributed by atoms with Crippen molar-refractivity contribution < 1.29 is 0 Å². The van der Waals surface area contributed by atoms with Crippen LogP contribution < -0.4 is 11.2 Å². The average Bonchev–Trinajstić information content (AvgIpc) is 3.43. The van der Waals surface area contributed by atoms with Gasteiger partial charge in [-0.25, -0.2) is 14.8 Å². The molecule has 8 nitrogen and oxygen atoms in total. The lowest BCUT2D eigenvalue weighted by atomic mass is 10.3. The largest absolute Gasteiger partial charge is 0.332 e. The summed E-state index contributed by atoms with van der Waals surface area (Å²) in [7, 11) is 3.16. The molecule has 0 radical (unpaired) electrons. The van der Waals surface area contributed by atoms with Crippen molar-refractivity contribution in [2.75, 3.05) is 6.54 Å². The lowest BCUT2D eigenvalue weighted by Crippen LogP contribution is -2.38. The maximum Gasteiger partial charge on any atom is 0.332 e. The smallest absolute Gasteiger partial charge is 0.320 e. The summed E-state index contributed by atoms with van der Waals surface area (Å²) in [4.78, 5) is 37.6. The fourth-order valence-corrected chi connectivity index (χ4v) is 5.26. The van der Waals surface area contributed by atoms with Crippen molar-refractivity contribution in [3.63, 3.8) is 0 Å². The van der Waals surface area contributed by atoms with Gasteiger partial charge in [0.05, 0.1) is 17.1 Å². The quantitative estimate of drug-likeness (QED) is 0.509. The highest BCUT2D eigenvalue weighted by atomic mass is 32.1. The Morgan fingerprint density at radius 3 is 2.75 bits per heavy atom. The number of hydrogen-bond acceptors (Lipinski definition) is 7. The van der Waals surface area contributed by atoms with Crippen LogP contribution in [-0.4, -0.2) is 35.1 Å². The molecule has 1 aliphatic rings. The van der Waals surface area contributed by atoms with Gasteiger partial charge in [-0.2, -0.15) is 0 Å². The standard InChI is InChI=1S/C18H18N6O2S2/c1-21-15-14(17(25)22(2)18(21)26)24-6-5-23(9-13(24)20-15)8-11-10-28-16(19-11)12-4-3-7-27-12/h3-4,7,10H,5-6,8-9H2,1-2H3. The molecule has 28 heavy (non-hydrogen) atoms. The summed E-state index contributed by atoms with van der Waals surface area (Å²) in [5.41, 5.74) is 1.37. The Morgan fingerprint density at radius 1 is 1.11 bits per heavy atom. The molecular weight excluding hydrogens is 396 g/mol. The highest BCUT2D eigenvalue weighted by molar-refractivity contribution is 7.20. The highest BCUT2D eigenvalue weighted by Gasteiger charge is 2.24. The van der Waals surface area contributed by atoms with Crippen LogP contribution in [0.4, 0.5) is 0 Å². The summed E-state index contributed by atoms with van der Waals surface area (Å²) in [6.07, 6.45) is 0. The number of aryl methyl sites for hydroxylation is 1. The molecule has 0 bridgehead atoms. The monoisotopic (exact) mass is 414 g/mol. The van der Waals surface area contributed by atoms with Gasteiger partial charge in [-0.1, -0.05) is 6.07 Å². The van der Waals surface area contributed by atoms with Crippen LogP contribution in [-0.2, 0) is 33.7 Å². The van der Waals surface area contributed by atoms with Gasteiger partial charge in [0.2, 0.25) is 0 Å². The van der Waals surface area contributed by atoms with E-state index in [0.717, 1.165) is 34.2 Å². The molecule has 10 heteroatoms. The second-order valence-electron chi connectivity index (χ2n) is 6.89. The molecule has 0 fully saturated rings. The molecule has 0 amide bonds. The molecule has 1 aliphatic heterocycles. The number of thiazole rings is 1. The molecule has 4 aromatic heterocycles. The molecule has 0 atom stereocenters. The van der Waals surface area contributed by atoms with Crippen molar-refractivity contribution in [2.45, 2.75) is 19.6 Å². The van der Waals surface area contributed by atoms with E-state index in [4.69, 9.17) is 4.98 Å².